The molecule has 1 aromatic carbocycles. The van der Waals surface area contributed by atoms with Gasteiger partial charge in [-0.2, -0.15) is 0 Å². The van der Waals surface area contributed by atoms with Crippen molar-refractivity contribution in [3.05, 3.63) is 35.6 Å². The second-order valence-corrected chi connectivity index (χ2v) is 7.01. The molecule has 0 unspecified atom stereocenters. The molecule has 1 aromatic rings. The summed E-state index contributed by atoms with van der Waals surface area (Å²) in [6.45, 7) is 6.06. The van der Waals surface area contributed by atoms with Gasteiger partial charge in [0.2, 0.25) is 11.8 Å². The summed E-state index contributed by atoms with van der Waals surface area (Å²) in [5, 5.41) is 7.85. The summed E-state index contributed by atoms with van der Waals surface area (Å²) in [4.78, 5) is 34.8. The summed E-state index contributed by atoms with van der Waals surface area (Å²) in [7, 11) is 0. The van der Waals surface area contributed by atoms with Crippen LogP contribution in [-0.4, -0.2) is 43.1 Å². The molecule has 27 heavy (non-hydrogen) atoms. The molecular formula is C19H28FN3O4. The molecule has 0 bridgehead atoms. The molecule has 0 radical (unpaired) electrons. The number of halogens is 1. The Morgan fingerprint density at radius 2 is 1.44 bits per heavy atom. The van der Waals surface area contributed by atoms with Crippen LogP contribution in [0.2, 0.25) is 0 Å². The van der Waals surface area contributed by atoms with E-state index in [0.29, 0.717) is 25.9 Å². The first-order valence-electron chi connectivity index (χ1n) is 8.90. The minimum atomic E-state index is -0.582. The number of hydrogen-bond donors (Lipinski definition) is 3. The second-order valence-electron chi connectivity index (χ2n) is 7.01. The highest BCUT2D eigenvalue weighted by Gasteiger charge is 2.15. The molecule has 150 valence electrons. The standard InChI is InChI=1S/C19H28FN3O4/c1-19(2,3)27-18(26)23-11-10-17(25)22-13-12-21-16(24)9-6-14-4-7-15(20)8-5-14/h4-5,7-8H,6,9-13H2,1-3H3,(H,21,24)(H,22,25)(H,23,26). The quantitative estimate of drug-likeness (QED) is 0.569. The van der Waals surface area contributed by atoms with Gasteiger partial charge < -0.3 is 20.7 Å². The minimum Gasteiger partial charge on any atom is -0.444 e. The zero-order chi connectivity index (χ0) is 20.3. The van der Waals surface area contributed by atoms with E-state index in [4.69, 9.17) is 4.74 Å². The molecule has 7 nitrogen and oxygen atoms in total. The van der Waals surface area contributed by atoms with Crippen molar-refractivity contribution >= 4 is 17.9 Å². The highest BCUT2D eigenvalue weighted by Crippen LogP contribution is 2.06. The van der Waals surface area contributed by atoms with Gasteiger partial charge >= 0.3 is 6.09 Å². The van der Waals surface area contributed by atoms with Gasteiger partial charge in [-0.15, -0.1) is 0 Å². The summed E-state index contributed by atoms with van der Waals surface area (Å²) in [6.07, 6.45) is 0.370. The van der Waals surface area contributed by atoms with Gasteiger partial charge in [-0.1, -0.05) is 12.1 Å². The maximum Gasteiger partial charge on any atom is 0.407 e. The number of amides is 3. The van der Waals surface area contributed by atoms with Gasteiger partial charge in [-0.05, 0) is 44.9 Å². The van der Waals surface area contributed by atoms with E-state index in [0.717, 1.165) is 5.56 Å². The lowest BCUT2D eigenvalue weighted by Crippen LogP contribution is -2.37. The van der Waals surface area contributed by atoms with Crippen molar-refractivity contribution in [2.45, 2.75) is 45.6 Å². The summed E-state index contributed by atoms with van der Waals surface area (Å²) < 4.78 is 17.9. The average Bonchev–Trinajstić information content (AvgIpc) is 2.56. The first kappa shape index (κ1) is 22.4. The maximum atomic E-state index is 12.8. The molecule has 8 heteroatoms. The van der Waals surface area contributed by atoms with Gasteiger partial charge in [-0.3, -0.25) is 9.59 Å². The van der Waals surface area contributed by atoms with Gasteiger partial charge in [-0.25, -0.2) is 9.18 Å². The second kappa shape index (κ2) is 11.2. The van der Waals surface area contributed by atoms with Gasteiger partial charge in [0.25, 0.3) is 0 Å². The molecule has 3 N–H and O–H groups in total. The van der Waals surface area contributed by atoms with Crippen molar-refractivity contribution in [2.75, 3.05) is 19.6 Å². The van der Waals surface area contributed by atoms with Crippen LogP contribution in [0.4, 0.5) is 9.18 Å². The molecule has 0 aromatic heterocycles. The Morgan fingerprint density at radius 1 is 0.889 bits per heavy atom. The van der Waals surface area contributed by atoms with Crippen LogP contribution in [-0.2, 0) is 20.7 Å². The van der Waals surface area contributed by atoms with Crippen LogP contribution in [0, 0.1) is 5.82 Å². The van der Waals surface area contributed by atoms with Gasteiger partial charge in [0.05, 0.1) is 0 Å². The topological polar surface area (TPSA) is 96.5 Å². The van der Waals surface area contributed by atoms with Crippen LogP contribution in [0.15, 0.2) is 24.3 Å². The van der Waals surface area contributed by atoms with E-state index in [1.54, 1.807) is 32.9 Å². The monoisotopic (exact) mass is 381 g/mol. The van der Waals surface area contributed by atoms with Crippen LogP contribution in [0.3, 0.4) is 0 Å². The zero-order valence-corrected chi connectivity index (χ0v) is 16.1. The Hall–Kier alpha value is -2.64. The molecule has 0 saturated carbocycles. The van der Waals surface area contributed by atoms with Crippen molar-refractivity contribution in [3.8, 4) is 0 Å². The van der Waals surface area contributed by atoms with Crippen molar-refractivity contribution < 1.29 is 23.5 Å². The molecule has 0 spiro atoms. The molecule has 0 heterocycles. The van der Waals surface area contributed by atoms with Crippen LogP contribution in [0.25, 0.3) is 0 Å². The Kier molecular flexibility index (Phi) is 9.25. The van der Waals surface area contributed by atoms with E-state index in [1.807, 2.05) is 0 Å². The molecule has 0 aliphatic rings. The number of hydrogen-bond acceptors (Lipinski definition) is 4. The fourth-order valence-corrected chi connectivity index (χ4v) is 2.08. The Bertz CT molecular complexity index is 627. The predicted molar refractivity (Wildman–Crippen MR) is 99.6 cm³/mol. The first-order valence-corrected chi connectivity index (χ1v) is 8.90. The Balaban J connectivity index is 2.06. The molecule has 0 atom stereocenters. The summed E-state index contributed by atoms with van der Waals surface area (Å²) in [6, 6.07) is 6.02. The third-order valence-corrected chi connectivity index (χ3v) is 3.34. The predicted octanol–water partition coefficient (Wildman–Crippen LogP) is 1.91. The normalized spacial score (nSPS) is 10.8. The highest BCUT2D eigenvalue weighted by atomic mass is 19.1. The highest BCUT2D eigenvalue weighted by molar-refractivity contribution is 5.77. The van der Waals surface area contributed by atoms with Crippen molar-refractivity contribution in [1.29, 1.82) is 0 Å². The first-order chi connectivity index (χ1) is 12.7. The van der Waals surface area contributed by atoms with Crippen molar-refractivity contribution in [3.63, 3.8) is 0 Å². The molecule has 1 rings (SSSR count). The summed E-state index contributed by atoms with van der Waals surface area (Å²) in [5.74, 6) is -0.674. The van der Waals surface area contributed by atoms with Crippen molar-refractivity contribution in [2.24, 2.45) is 0 Å². The third-order valence-electron chi connectivity index (χ3n) is 3.34. The van der Waals surface area contributed by atoms with Gasteiger partial charge in [0.1, 0.15) is 11.4 Å². The van der Waals surface area contributed by atoms with Crippen LogP contribution < -0.4 is 16.0 Å². The average molecular weight is 381 g/mol. The van der Waals surface area contributed by atoms with Crippen LogP contribution >= 0.6 is 0 Å². The minimum absolute atomic E-state index is 0.123. The summed E-state index contributed by atoms with van der Waals surface area (Å²) >= 11 is 0. The van der Waals surface area contributed by atoms with E-state index in [9.17, 15) is 18.8 Å². The van der Waals surface area contributed by atoms with Gasteiger partial charge in [0.15, 0.2) is 0 Å². The Morgan fingerprint density at radius 3 is 2.00 bits per heavy atom. The van der Waals surface area contributed by atoms with Crippen LogP contribution in [0.1, 0.15) is 39.2 Å². The lowest BCUT2D eigenvalue weighted by atomic mass is 10.1. The van der Waals surface area contributed by atoms with Gasteiger partial charge in [0, 0.05) is 32.5 Å². The molecule has 0 aliphatic heterocycles. The summed E-state index contributed by atoms with van der Waals surface area (Å²) in [5.41, 5.74) is 0.304. The number of aryl methyl sites for hydroxylation is 1. The lowest BCUT2D eigenvalue weighted by Gasteiger charge is -2.19. The van der Waals surface area contributed by atoms with E-state index < -0.39 is 11.7 Å². The Labute approximate surface area is 159 Å². The number of rotatable bonds is 9. The number of ether oxygens (including phenoxy) is 1. The smallest absolute Gasteiger partial charge is 0.407 e. The van der Waals surface area contributed by atoms with E-state index >= 15 is 0 Å². The van der Waals surface area contributed by atoms with Crippen LogP contribution in [0.5, 0.6) is 0 Å². The van der Waals surface area contributed by atoms with E-state index in [-0.39, 0.29) is 30.6 Å². The fourth-order valence-electron chi connectivity index (χ4n) is 2.08. The zero-order valence-electron chi connectivity index (χ0n) is 16.1. The molecule has 0 aliphatic carbocycles. The molecule has 0 saturated heterocycles. The van der Waals surface area contributed by atoms with E-state index in [2.05, 4.69) is 16.0 Å². The number of carbonyl (C=O) groups is 3. The maximum absolute atomic E-state index is 12.8. The lowest BCUT2D eigenvalue weighted by molar-refractivity contribution is -0.122. The molecular weight excluding hydrogens is 353 g/mol. The fraction of sp³-hybridized carbons (Fsp3) is 0.526. The molecule has 0 fully saturated rings. The number of carbonyl (C=O) groups excluding carboxylic acids is 3. The third kappa shape index (κ3) is 11.6. The number of benzene rings is 1. The van der Waals surface area contributed by atoms with Crippen molar-refractivity contribution in [1.82, 2.24) is 16.0 Å². The SMILES string of the molecule is CC(C)(C)OC(=O)NCCC(=O)NCCNC(=O)CCc1ccc(F)cc1. The van der Waals surface area contributed by atoms with E-state index in [1.165, 1.54) is 12.1 Å². The number of nitrogens with one attached hydrogen (secondary N) is 3. The largest absolute Gasteiger partial charge is 0.444 e. The number of alkyl carbamates (subject to hydrolysis) is 1. The molecule has 3 amide bonds.